The molecule has 146 valence electrons. The van der Waals surface area contributed by atoms with Crippen molar-refractivity contribution in [3.8, 4) is 0 Å². The highest BCUT2D eigenvalue weighted by Crippen LogP contribution is 2.13. The second-order valence-electron chi connectivity index (χ2n) is 7.57. The molecule has 0 saturated carbocycles. The van der Waals surface area contributed by atoms with Gasteiger partial charge in [-0.25, -0.2) is 0 Å². The lowest BCUT2D eigenvalue weighted by Gasteiger charge is -2.21. The van der Waals surface area contributed by atoms with E-state index in [1.54, 1.807) is 7.05 Å². The van der Waals surface area contributed by atoms with E-state index >= 15 is 0 Å². The van der Waals surface area contributed by atoms with Crippen LogP contribution in [0.25, 0.3) is 0 Å². The lowest BCUT2D eigenvalue weighted by Crippen LogP contribution is -2.47. The van der Waals surface area contributed by atoms with Crippen molar-refractivity contribution in [2.45, 2.75) is 47.1 Å². The summed E-state index contributed by atoms with van der Waals surface area (Å²) in [6.07, 6.45) is 0.917. The van der Waals surface area contributed by atoms with Crippen molar-refractivity contribution in [2.75, 3.05) is 33.2 Å². The van der Waals surface area contributed by atoms with Crippen molar-refractivity contribution in [1.29, 1.82) is 0 Å². The number of carbonyl (C=O) groups is 2. The van der Waals surface area contributed by atoms with Gasteiger partial charge in [0.15, 0.2) is 5.96 Å². The number of nitrogens with one attached hydrogen (secondary N) is 3. The van der Waals surface area contributed by atoms with E-state index in [4.69, 9.17) is 0 Å². The number of carbonyl (C=O) groups excluding carboxylic acids is 2. The zero-order valence-corrected chi connectivity index (χ0v) is 18.6. The molecule has 0 bridgehead atoms. The van der Waals surface area contributed by atoms with Gasteiger partial charge in [0.1, 0.15) is 0 Å². The number of nitrogens with zero attached hydrogens (tertiary/aromatic N) is 2. The van der Waals surface area contributed by atoms with Crippen molar-refractivity contribution in [1.82, 2.24) is 20.9 Å². The largest absolute Gasteiger partial charge is 0.355 e. The van der Waals surface area contributed by atoms with Crippen LogP contribution in [0.15, 0.2) is 4.99 Å². The van der Waals surface area contributed by atoms with E-state index < -0.39 is 0 Å². The van der Waals surface area contributed by atoms with E-state index in [0.29, 0.717) is 25.6 Å². The fourth-order valence-corrected chi connectivity index (χ4v) is 2.45. The minimum absolute atomic E-state index is 0. The summed E-state index contributed by atoms with van der Waals surface area (Å²) in [7, 11) is 1.72. The van der Waals surface area contributed by atoms with Crippen LogP contribution in [0.3, 0.4) is 0 Å². The molecule has 1 fully saturated rings. The number of aliphatic imine (C=N–C) groups is 1. The SMILES string of the molecule is CN=C(NCCNC(=O)C(C)(C)C)NC1CCN(C(=O)C(C)C)C1.I. The number of guanidine groups is 1. The Balaban J connectivity index is 0.00000576. The molecule has 1 aliphatic heterocycles. The van der Waals surface area contributed by atoms with Crippen LogP contribution in [0.1, 0.15) is 41.0 Å². The Morgan fingerprint density at radius 1 is 1.20 bits per heavy atom. The molecule has 0 radical (unpaired) electrons. The Labute approximate surface area is 168 Å². The summed E-state index contributed by atoms with van der Waals surface area (Å²) in [5.41, 5.74) is -0.379. The first kappa shape index (κ1) is 23.9. The summed E-state index contributed by atoms with van der Waals surface area (Å²) in [6.45, 7) is 12.2. The van der Waals surface area contributed by atoms with Crippen molar-refractivity contribution in [3.05, 3.63) is 0 Å². The van der Waals surface area contributed by atoms with Gasteiger partial charge < -0.3 is 20.9 Å². The molecular weight excluding hydrogens is 433 g/mol. The summed E-state index contributed by atoms with van der Waals surface area (Å²) in [4.78, 5) is 29.9. The number of rotatable bonds is 5. The Morgan fingerprint density at radius 3 is 2.32 bits per heavy atom. The van der Waals surface area contributed by atoms with Crippen LogP contribution in [0.4, 0.5) is 0 Å². The average molecular weight is 467 g/mol. The number of hydrogen-bond donors (Lipinski definition) is 3. The molecule has 2 amide bonds. The summed E-state index contributed by atoms with van der Waals surface area (Å²) in [5, 5.41) is 9.42. The maximum Gasteiger partial charge on any atom is 0.225 e. The van der Waals surface area contributed by atoms with Crippen molar-refractivity contribution < 1.29 is 9.59 Å². The third kappa shape index (κ3) is 8.24. The monoisotopic (exact) mass is 467 g/mol. The first-order valence-corrected chi connectivity index (χ1v) is 8.69. The third-order valence-corrected chi connectivity index (χ3v) is 3.94. The number of likely N-dealkylation sites (tertiary alicyclic amines) is 1. The number of amides is 2. The van der Waals surface area contributed by atoms with E-state index in [0.717, 1.165) is 13.0 Å². The molecule has 1 heterocycles. The summed E-state index contributed by atoms with van der Waals surface area (Å²) in [5.74, 6) is 0.967. The zero-order chi connectivity index (χ0) is 18.3. The molecule has 0 aliphatic carbocycles. The van der Waals surface area contributed by atoms with Crippen LogP contribution in [-0.4, -0.2) is 61.9 Å². The second kappa shape index (κ2) is 10.8. The highest BCUT2D eigenvalue weighted by atomic mass is 127. The van der Waals surface area contributed by atoms with Gasteiger partial charge in [-0.15, -0.1) is 24.0 Å². The van der Waals surface area contributed by atoms with Gasteiger partial charge in [0.25, 0.3) is 0 Å². The molecule has 1 aliphatic rings. The normalized spacial score (nSPS) is 18.0. The van der Waals surface area contributed by atoms with Gasteiger partial charge in [-0.1, -0.05) is 34.6 Å². The van der Waals surface area contributed by atoms with Gasteiger partial charge >= 0.3 is 0 Å². The molecule has 0 aromatic heterocycles. The lowest BCUT2D eigenvalue weighted by atomic mass is 9.96. The van der Waals surface area contributed by atoms with Gasteiger partial charge in [-0.3, -0.25) is 14.6 Å². The predicted octanol–water partition coefficient (Wildman–Crippen LogP) is 1.19. The van der Waals surface area contributed by atoms with Crippen LogP contribution < -0.4 is 16.0 Å². The first-order chi connectivity index (χ1) is 11.1. The van der Waals surface area contributed by atoms with Crippen molar-refractivity contribution >= 4 is 41.8 Å². The topological polar surface area (TPSA) is 85.8 Å². The van der Waals surface area contributed by atoms with E-state index in [-0.39, 0.29) is 53.2 Å². The maximum absolute atomic E-state index is 12.0. The Morgan fingerprint density at radius 2 is 1.80 bits per heavy atom. The molecule has 1 unspecified atom stereocenters. The van der Waals surface area contributed by atoms with Gasteiger partial charge in [0, 0.05) is 50.6 Å². The Hall–Kier alpha value is -1.06. The summed E-state index contributed by atoms with van der Waals surface area (Å²) < 4.78 is 0. The highest BCUT2D eigenvalue weighted by Gasteiger charge is 2.28. The fraction of sp³-hybridized carbons (Fsp3) is 0.824. The first-order valence-electron chi connectivity index (χ1n) is 8.69. The molecule has 1 atom stereocenters. The van der Waals surface area contributed by atoms with Gasteiger partial charge in [0.05, 0.1) is 0 Å². The molecule has 0 aromatic rings. The summed E-state index contributed by atoms with van der Waals surface area (Å²) >= 11 is 0. The predicted molar refractivity (Wildman–Crippen MR) is 112 cm³/mol. The molecule has 8 heteroatoms. The van der Waals surface area contributed by atoms with E-state index in [9.17, 15) is 9.59 Å². The smallest absolute Gasteiger partial charge is 0.225 e. The molecule has 3 N–H and O–H groups in total. The van der Waals surface area contributed by atoms with Gasteiger partial charge in [-0.2, -0.15) is 0 Å². The molecule has 1 saturated heterocycles. The van der Waals surface area contributed by atoms with Gasteiger partial charge in [0.2, 0.25) is 11.8 Å². The standard InChI is InChI=1S/C17H33N5O2.HI/c1-12(2)14(23)22-10-7-13(11-22)21-16(18-6)20-9-8-19-15(24)17(3,4)5;/h12-13H,7-11H2,1-6H3,(H,19,24)(H2,18,20,21);1H. The van der Waals surface area contributed by atoms with Crippen molar-refractivity contribution in [3.63, 3.8) is 0 Å². The molecule has 7 nitrogen and oxygen atoms in total. The van der Waals surface area contributed by atoms with Gasteiger partial charge in [-0.05, 0) is 6.42 Å². The van der Waals surface area contributed by atoms with Crippen molar-refractivity contribution in [2.24, 2.45) is 16.3 Å². The molecule has 1 rings (SSSR count). The average Bonchev–Trinajstić information content (AvgIpc) is 2.96. The van der Waals surface area contributed by atoms with E-state index in [1.165, 1.54) is 0 Å². The van der Waals surface area contributed by atoms with Crippen LogP contribution in [-0.2, 0) is 9.59 Å². The lowest BCUT2D eigenvalue weighted by molar-refractivity contribution is -0.133. The maximum atomic E-state index is 12.0. The number of hydrogen-bond acceptors (Lipinski definition) is 3. The van der Waals surface area contributed by atoms with E-state index in [1.807, 2.05) is 39.5 Å². The van der Waals surface area contributed by atoms with Crippen LogP contribution >= 0.6 is 24.0 Å². The highest BCUT2D eigenvalue weighted by molar-refractivity contribution is 14.0. The minimum Gasteiger partial charge on any atom is -0.355 e. The Bertz CT molecular complexity index is 474. The second-order valence-corrected chi connectivity index (χ2v) is 7.57. The third-order valence-electron chi connectivity index (χ3n) is 3.94. The molecule has 0 spiro atoms. The molecule has 0 aromatic carbocycles. The Kier molecular flexibility index (Phi) is 10.4. The van der Waals surface area contributed by atoms with Crippen LogP contribution in [0.2, 0.25) is 0 Å². The van der Waals surface area contributed by atoms with Crippen LogP contribution in [0, 0.1) is 11.3 Å². The van der Waals surface area contributed by atoms with Crippen LogP contribution in [0.5, 0.6) is 0 Å². The molecular formula is C17H34IN5O2. The van der Waals surface area contributed by atoms with E-state index in [2.05, 4.69) is 20.9 Å². The number of halogens is 1. The minimum atomic E-state index is -0.379. The fourth-order valence-electron chi connectivity index (χ4n) is 2.45. The zero-order valence-electron chi connectivity index (χ0n) is 16.3. The summed E-state index contributed by atoms with van der Waals surface area (Å²) in [6, 6.07) is 0.211. The quantitative estimate of drug-likeness (QED) is 0.246. The molecule has 25 heavy (non-hydrogen) atoms.